The van der Waals surface area contributed by atoms with E-state index in [-0.39, 0.29) is 11.9 Å². The molecule has 0 spiro atoms. The van der Waals surface area contributed by atoms with Crippen LogP contribution in [0.15, 0.2) is 18.2 Å². The smallest absolute Gasteiger partial charge is 0.234 e. The van der Waals surface area contributed by atoms with E-state index in [1.165, 1.54) is 11.1 Å². The van der Waals surface area contributed by atoms with Gasteiger partial charge in [0.25, 0.3) is 0 Å². The lowest BCUT2D eigenvalue weighted by atomic mass is 10.1. The van der Waals surface area contributed by atoms with Gasteiger partial charge in [0.15, 0.2) is 0 Å². The van der Waals surface area contributed by atoms with Crippen LogP contribution in [0, 0.1) is 0 Å². The summed E-state index contributed by atoms with van der Waals surface area (Å²) in [6.45, 7) is 0.376. The van der Waals surface area contributed by atoms with Crippen molar-refractivity contribution in [3.05, 3.63) is 29.3 Å². The zero-order chi connectivity index (χ0) is 12.5. The van der Waals surface area contributed by atoms with Crippen molar-refractivity contribution in [2.45, 2.75) is 37.8 Å². The van der Waals surface area contributed by atoms with E-state index >= 15 is 0 Å². The molecule has 18 heavy (non-hydrogen) atoms. The molecule has 1 atom stereocenters. The first kappa shape index (κ1) is 11.5. The van der Waals surface area contributed by atoms with Gasteiger partial charge in [-0.2, -0.15) is 0 Å². The van der Waals surface area contributed by atoms with E-state index in [9.17, 15) is 9.90 Å². The van der Waals surface area contributed by atoms with Crippen LogP contribution in [-0.4, -0.2) is 23.6 Å². The van der Waals surface area contributed by atoms with E-state index in [1.54, 1.807) is 6.07 Å². The predicted molar refractivity (Wildman–Crippen MR) is 68.3 cm³/mol. The highest BCUT2D eigenvalue weighted by molar-refractivity contribution is 5.78. The molecule has 4 nitrogen and oxygen atoms in total. The molecular formula is C14H18N2O2. The van der Waals surface area contributed by atoms with Gasteiger partial charge in [-0.05, 0) is 48.9 Å². The zero-order valence-electron chi connectivity index (χ0n) is 10.3. The number of hydrogen-bond donors (Lipinski definition) is 3. The summed E-state index contributed by atoms with van der Waals surface area (Å²) in [5.74, 6) is 0.408. The molecule has 0 radical (unpaired) electrons. The highest BCUT2D eigenvalue weighted by atomic mass is 16.3. The Bertz CT molecular complexity index is 469. The van der Waals surface area contributed by atoms with Gasteiger partial charge in [-0.25, -0.2) is 0 Å². The van der Waals surface area contributed by atoms with Crippen molar-refractivity contribution in [3.8, 4) is 5.75 Å². The highest BCUT2D eigenvalue weighted by Gasteiger charge is 2.25. The lowest BCUT2D eigenvalue weighted by Crippen LogP contribution is -2.36. The average molecular weight is 246 g/mol. The molecule has 1 fully saturated rings. The minimum Gasteiger partial charge on any atom is -0.508 e. The lowest BCUT2D eigenvalue weighted by molar-refractivity contribution is -0.120. The third-order valence-electron chi connectivity index (χ3n) is 3.66. The molecular weight excluding hydrogens is 228 g/mol. The van der Waals surface area contributed by atoms with Gasteiger partial charge in [-0.15, -0.1) is 0 Å². The summed E-state index contributed by atoms with van der Waals surface area (Å²) in [5, 5.41) is 15.7. The number of fused-ring (bicyclic) bond motifs is 1. The third kappa shape index (κ3) is 2.48. The van der Waals surface area contributed by atoms with E-state index in [4.69, 9.17) is 0 Å². The molecule has 0 aromatic heterocycles. The molecule has 96 valence electrons. The predicted octanol–water partition coefficient (Wildman–Crippen LogP) is 1.25. The second-order valence-electron chi connectivity index (χ2n) is 5.20. The van der Waals surface area contributed by atoms with Crippen molar-refractivity contribution in [1.29, 1.82) is 0 Å². The van der Waals surface area contributed by atoms with Crippen molar-refractivity contribution >= 4 is 5.91 Å². The molecule has 1 aromatic carbocycles. The summed E-state index contributed by atoms with van der Waals surface area (Å²) in [5.41, 5.74) is 2.40. The average Bonchev–Trinajstić information content (AvgIpc) is 3.06. The number of carbonyl (C=O) groups excluding carboxylic acids is 1. The molecule has 1 saturated carbocycles. The summed E-state index contributed by atoms with van der Waals surface area (Å²) in [4.78, 5) is 11.6. The summed E-state index contributed by atoms with van der Waals surface area (Å²) >= 11 is 0. The second-order valence-corrected chi connectivity index (χ2v) is 5.20. The zero-order valence-corrected chi connectivity index (χ0v) is 10.3. The SMILES string of the molecule is O=C(CNC1CCc2cc(O)ccc21)NC1CC1. The van der Waals surface area contributed by atoms with Crippen molar-refractivity contribution in [2.75, 3.05) is 6.54 Å². The molecule has 2 aliphatic carbocycles. The van der Waals surface area contributed by atoms with Gasteiger partial charge in [0.1, 0.15) is 5.75 Å². The molecule has 0 saturated heterocycles. The molecule has 0 heterocycles. The fourth-order valence-corrected chi connectivity index (χ4v) is 2.54. The Kier molecular flexibility index (Phi) is 2.96. The number of rotatable bonds is 4. The number of aromatic hydroxyl groups is 1. The Labute approximate surface area is 106 Å². The van der Waals surface area contributed by atoms with Crippen LogP contribution in [0.3, 0.4) is 0 Å². The number of phenolic OH excluding ortho intramolecular Hbond substituents is 1. The highest BCUT2D eigenvalue weighted by Crippen LogP contribution is 2.33. The van der Waals surface area contributed by atoms with E-state index in [2.05, 4.69) is 10.6 Å². The van der Waals surface area contributed by atoms with Crippen molar-refractivity contribution in [2.24, 2.45) is 0 Å². The van der Waals surface area contributed by atoms with E-state index in [1.807, 2.05) is 12.1 Å². The summed E-state index contributed by atoms with van der Waals surface area (Å²) in [6.07, 6.45) is 4.20. The van der Waals surface area contributed by atoms with Gasteiger partial charge in [0.2, 0.25) is 5.91 Å². The molecule has 1 unspecified atom stereocenters. The molecule has 3 N–H and O–H groups in total. The largest absolute Gasteiger partial charge is 0.508 e. The number of nitrogens with one attached hydrogen (secondary N) is 2. The van der Waals surface area contributed by atoms with Crippen LogP contribution < -0.4 is 10.6 Å². The fourth-order valence-electron chi connectivity index (χ4n) is 2.54. The number of amides is 1. The van der Waals surface area contributed by atoms with Crippen LogP contribution >= 0.6 is 0 Å². The van der Waals surface area contributed by atoms with Gasteiger partial charge in [0, 0.05) is 12.1 Å². The topological polar surface area (TPSA) is 61.4 Å². The maximum absolute atomic E-state index is 11.6. The molecule has 1 amide bonds. The normalized spacial score (nSPS) is 21.7. The Morgan fingerprint density at radius 2 is 2.17 bits per heavy atom. The lowest BCUT2D eigenvalue weighted by Gasteiger charge is -2.13. The second kappa shape index (κ2) is 4.61. The van der Waals surface area contributed by atoms with Crippen LogP contribution in [0.1, 0.15) is 36.4 Å². The molecule has 3 rings (SSSR count). The minimum atomic E-state index is 0.0877. The van der Waals surface area contributed by atoms with E-state index < -0.39 is 0 Å². The van der Waals surface area contributed by atoms with Gasteiger partial charge < -0.3 is 15.7 Å². The van der Waals surface area contributed by atoms with Gasteiger partial charge >= 0.3 is 0 Å². The summed E-state index contributed by atoms with van der Waals surface area (Å²) in [7, 11) is 0. The monoisotopic (exact) mass is 246 g/mol. The number of phenols is 1. The van der Waals surface area contributed by atoms with E-state index in [0.717, 1.165) is 25.7 Å². The van der Waals surface area contributed by atoms with Gasteiger partial charge in [-0.1, -0.05) is 6.07 Å². The van der Waals surface area contributed by atoms with Crippen LogP contribution in [0.2, 0.25) is 0 Å². The first-order chi connectivity index (χ1) is 8.72. The third-order valence-corrected chi connectivity index (χ3v) is 3.66. The minimum absolute atomic E-state index is 0.0877. The van der Waals surface area contributed by atoms with E-state index in [0.29, 0.717) is 18.3 Å². The maximum atomic E-state index is 11.6. The Morgan fingerprint density at radius 1 is 1.33 bits per heavy atom. The van der Waals surface area contributed by atoms with Crippen LogP contribution in [-0.2, 0) is 11.2 Å². The first-order valence-electron chi connectivity index (χ1n) is 6.57. The molecule has 2 aliphatic rings. The number of hydrogen-bond acceptors (Lipinski definition) is 3. The Morgan fingerprint density at radius 3 is 2.94 bits per heavy atom. The van der Waals surface area contributed by atoms with Crippen molar-refractivity contribution in [3.63, 3.8) is 0 Å². The van der Waals surface area contributed by atoms with Crippen LogP contribution in [0.5, 0.6) is 5.75 Å². The van der Waals surface area contributed by atoms with Crippen molar-refractivity contribution in [1.82, 2.24) is 10.6 Å². The molecule has 1 aromatic rings. The molecule has 4 heteroatoms. The number of benzene rings is 1. The fraction of sp³-hybridized carbons (Fsp3) is 0.500. The molecule has 0 bridgehead atoms. The number of aryl methyl sites for hydroxylation is 1. The Hall–Kier alpha value is -1.55. The first-order valence-corrected chi connectivity index (χ1v) is 6.57. The Balaban J connectivity index is 1.57. The standard InChI is InChI=1S/C14H18N2O2/c17-11-4-5-12-9(7-11)1-6-13(12)15-8-14(18)16-10-2-3-10/h4-5,7,10,13,15,17H,1-3,6,8H2,(H,16,18). The van der Waals surface area contributed by atoms with Gasteiger partial charge in [0.05, 0.1) is 6.54 Å². The van der Waals surface area contributed by atoms with Gasteiger partial charge in [-0.3, -0.25) is 4.79 Å². The molecule has 0 aliphatic heterocycles. The summed E-state index contributed by atoms with van der Waals surface area (Å²) in [6, 6.07) is 6.15. The van der Waals surface area contributed by atoms with Crippen LogP contribution in [0.25, 0.3) is 0 Å². The number of carbonyl (C=O) groups is 1. The van der Waals surface area contributed by atoms with Crippen LogP contribution in [0.4, 0.5) is 0 Å². The summed E-state index contributed by atoms with van der Waals surface area (Å²) < 4.78 is 0. The van der Waals surface area contributed by atoms with Crippen molar-refractivity contribution < 1.29 is 9.90 Å². The quantitative estimate of drug-likeness (QED) is 0.749. The maximum Gasteiger partial charge on any atom is 0.234 e.